The summed E-state index contributed by atoms with van der Waals surface area (Å²) in [5.74, 6) is 0.288. The maximum atomic E-state index is 12.7. The molecule has 0 spiro atoms. The molecule has 1 atom stereocenters. The van der Waals surface area contributed by atoms with E-state index >= 15 is 0 Å². The Morgan fingerprint density at radius 3 is 2.52 bits per heavy atom. The highest BCUT2D eigenvalue weighted by Gasteiger charge is 2.24. The molecule has 2 rings (SSSR count). The number of amides is 1. The van der Waals surface area contributed by atoms with Gasteiger partial charge in [0.05, 0.1) is 10.8 Å². The molecule has 136 valence electrons. The van der Waals surface area contributed by atoms with E-state index in [9.17, 15) is 4.79 Å². The molecule has 0 radical (unpaired) electrons. The molecule has 0 fully saturated rings. The fourth-order valence-corrected chi connectivity index (χ4v) is 3.43. The van der Waals surface area contributed by atoms with Gasteiger partial charge in [0.1, 0.15) is 0 Å². The van der Waals surface area contributed by atoms with Gasteiger partial charge in [-0.15, -0.1) is 5.10 Å². The number of carbonyl (C=O) groups excluding carboxylic acids is 1. The van der Waals surface area contributed by atoms with Gasteiger partial charge in [-0.1, -0.05) is 43.8 Å². The average Bonchev–Trinajstić information content (AvgIpc) is 2.97. The monoisotopic (exact) mass is 361 g/mol. The lowest BCUT2D eigenvalue weighted by Crippen LogP contribution is -2.27. The molecule has 0 aliphatic carbocycles. The van der Waals surface area contributed by atoms with Gasteiger partial charge in [-0.25, -0.2) is 4.68 Å². The molecular formula is C18H27N5OS. The first-order valence-corrected chi connectivity index (χ1v) is 9.35. The van der Waals surface area contributed by atoms with Gasteiger partial charge in [-0.2, -0.15) is 0 Å². The first kappa shape index (κ1) is 19.4. The number of thioether (sulfide) groups is 1. The molecule has 7 heteroatoms. The van der Waals surface area contributed by atoms with Gasteiger partial charge < -0.3 is 5.32 Å². The Morgan fingerprint density at radius 2 is 1.92 bits per heavy atom. The quantitative estimate of drug-likeness (QED) is 0.816. The van der Waals surface area contributed by atoms with Crippen LogP contribution in [0.15, 0.2) is 23.4 Å². The van der Waals surface area contributed by atoms with Gasteiger partial charge in [0, 0.05) is 5.69 Å². The number of nitrogens with zero attached hydrogens (tertiary/aromatic N) is 4. The topological polar surface area (TPSA) is 72.7 Å². The summed E-state index contributed by atoms with van der Waals surface area (Å²) in [7, 11) is 0. The summed E-state index contributed by atoms with van der Waals surface area (Å²) in [5, 5.41) is 15.3. The van der Waals surface area contributed by atoms with Crippen LogP contribution in [0, 0.1) is 6.92 Å². The first-order chi connectivity index (χ1) is 11.6. The zero-order chi connectivity index (χ0) is 18.8. The Balaban J connectivity index is 2.16. The van der Waals surface area contributed by atoms with Gasteiger partial charge in [-0.05, 0) is 62.1 Å². The lowest BCUT2D eigenvalue weighted by molar-refractivity contribution is -0.115. The number of para-hydroxylation sites is 1. The second kappa shape index (κ2) is 7.56. The maximum absolute atomic E-state index is 12.7. The van der Waals surface area contributed by atoms with Crippen molar-refractivity contribution in [3.05, 3.63) is 29.3 Å². The van der Waals surface area contributed by atoms with Crippen molar-refractivity contribution < 1.29 is 4.79 Å². The number of carbonyl (C=O) groups is 1. The van der Waals surface area contributed by atoms with Crippen LogP contribution >= 0.6 is 11.8 Å². The largest absolute Gasteiger partial charge is 0.325 e. The highest BCUT2D eigenvalue weighted by molar-refractivity contribution is 8.00. The predicted octanol–water partition coefficient (Wildman–Crippen LogP) is 3.98. The standard InChI is InChI=1S/C18H27N5OS/c1-11(2)14-10-8-9-12(3)15(14)19-16(24)13(4)25-17-20-21-22-23(17)18(5,6)7/h8-11,13H,1-7H3,(H,19,24). The molecule has 25 heavy (non-hydrogen) atoms. The fraction of sp³-hybridized carbons (Fsp3) is 0.556. The van der Waals surface area contributed by atoms with E-state index in [1.54, 1.807) is 4.68 Å². The second-order valence-electron chi connectivity index (χ2n) is 7.49. The van der Waals surface area contributed by atoms with Crippen LogP contribution in [0.4, 0.5) is 5.69 Å². The van der Waals surface area contributed by atoms with E-state index in [4.69, 9.17) is 0 Å². The van der Waals surface area contributed by atoms with E-state index in [0.717, 1.165) is 16.8 Å². The molecule has 0 saturated carbocycles. The molecule has 1 aromatic heterocycles. The van der Waals surface area contributed by atoms with E-state index in [-0.39, 0.29) is 16.7 Å². The summed E-state index contributed by atoms with van der Waals surface area (Å²) < 4.78 is 1.74. The van der Waals surface area contributed by atoms with E-state index in [0.29, 0.717) is 11.1 Å². The number of hydrogen-bond donors (Lipinski definition) is 1. The van der Waals surface area contributed by atoms with Crippen LogP contribution in [-0.2, 0) is 10.3 Å². The normalized spacial score (nSPS) is 13.1. The van der Waals surface area contributed by atoms with Crippen molar-refractivity contribution >= 4 is 23.4 Å². The van der Waals surface area contributed by atoms with Gasteiger partial charge in [-0.3, -0.25) is 4.79 Å². The Kier molecular flexibility index (Phi) is 5.87. The molecule has 0 aliphatic heterocycles. The Labute approximate surface area is 153 Å². The lowest BCUT2D eigenvalue weighted by atomic mass is 9.98. The third kappa shape index (κ3) is 4.60. The first-order valence-electron chi connectivity index (χ1n) is 8.47. The molecule has 2 aromatic rings. The lowest BCUT2D eigenvalue weighted by Gasteiger charge is -2.21. The van der Waals surface area contributed by atoms with Gasteiger partial charge in [0.25, 0.3) is 0 Å². The van der Waals surface area contributed by atoms with Crippen LogP contribution in [0.25, 0.3) is 0 Å². The molecule has 6 nitrogen and oxygen atoms in total. The van der Waals surface area contributed by atoms with Crippen molar-refractivity contribution in [2.24, 2.45) is 0 Å². The molecular weight excluding hydrogens is 334 g/mol. The summed E-state index contributed by atoms with van der Waals surface area (Å²) in [5.41, 5.74) is 2.88. The SMILES string of the molecule is Cc1cccc(C(C)C)c1NC(=O)C(C)Sc1nnnn1C(C)(C)C. The zero-order valence-corrected chi connectivity index (χ0v) is 16.8. The van der Waals surface area contributed by atoms with Crippen molar-refractivity contribution in [1.29, 1.82) is 0 Å². The number of tetrazole rings is 1. The molecule has 1 aromatic carbocycles. The Bertz CT molecular complexity index is 748. The minimum absolute atomic E-state index is 0.0512. The van der Waals surface area contributed by atoms with Crippen molar-refractivity contribution in [2.45, 2.75) is 70.3 Å². The number of nitrogens with one attached hydrogen (secondary N) is 1. The van der Waals surface area contributed by atoms with Crippen LogP contribution in [0.1, 0.15) is 58.6 Å². The minimum atomic E-state index is -0.313. The summed E-state index contributed by atoms with van der Waals surface area (Å²) in [6, 6.07) is 6.10. The number of anilines is 1. The third-order valence-corrected chi connectivity index (χ3v) is 4.94. The minimum Gasteiger partial charge on any atom is -0.325 e. The third-order valence-electron chi connectivity index (χ3n) is 3.90. The van der Waals surface area contributed by atoms with E-state index in [1.807, 2.05) is 46.8 Å². The van der Waals surface area contributed by atoms with Gasteiger partial charge in [0.2, 0.25) is 11.1 Å². The van der Waals surface area contributed by atoms with Gasteiger partial charge >= 0.3 is 0 Å². The fourth-order valence-electron chi connectivity index (χ4n) is 2.45. The Morgan fingerprint density at radius 1 is 1.24 bits per heavy atom. The van der Waals surface area contributed by atoms with Crippen LogP contribution in [0.3, 0.4) is 0 Å². The molecule has 1 heterocycles. The highest BCUT2D eigenvalue weighted by Crippen LogP contribution is 2.30. The highest BCUT2D eigenvalue weighted by atomic mass is 32.2. The van der Waals surface area contributed by atoms with Crippen molar-refractivity contribution in [3.63, 3.8) is 0 Å². The van der Waals surface area contributed by atoms with E-state index in [1.165, 1.54) is 11.8 Å². The molecule has 0 bridgehead atoms. The van der Waals surface area contributed by atoms with Crippen molar-refractivity contribution in [3.8, 4) is 0 Å². The predicted molar refractivity (Wildman–Crippen MR) is 102 cm³/mol. The van der Waals surface area contributed by atoms with Crippen molar-refractivity contribution in [1.82, 2.24) is 20.2 Å². The summed E-state index contributed by atoms with van der Waals surface area (Å²) in [6.07, 6.45) is 0. The average molecular weight is 362 g/mol. The number of rotatable bonds is 5. The molecule has 1 N–H and O–H groups in total. The maximum Gasteiger partial charge on any atom is 0.237 e. The molecule has 0 saturated heterocycles. The number of aromatic nitrogens is 4. The van der Waals surface area contributed by atoms with Crippen molar-refractivity contribution in [2.75, 3.05) is 5.32 Å². The summed E-state index contributed by atoms with van der Waals surface area (Å²) in [6.45, 7) is 14.2. The smallest absolute Gasteiger partial charge is 0.237 e. The van der Waals surface area contributed by atoms with Crippen LogP contribution in [0.5, 0.6) is 0 Å². The molecule has 1 unspecified atom stereocenters. The van der Waals surface area contributed by atoms with Crippen LogP contribution in [-0.4, -0.2) is 31.4 Å². The number of benzene rings is 1. The van der Waals surface area contributed by atoms with Crippen LogP contribution in [0.2, 0.25) is 0 Å². The van der Waals surface area contributed by atoms with E-state index in [2.05, 4.69) is 40.8 Å². The second-order valence-corrected chi connectivity index (χ2v) is 8.80. The van der Waals surface area contributed by atoms with Gasteiger partial charge in [0.15, 0.2) is 0 Å². The number of hydrogen-bond acceptors (Lipinski definition) is 5. The Hall–Kier alpha value is -1.89. The van der Waals surface area contributed by atoms with Crippen LogP contribution < -0.4 is 5.32 Å². The van der Waals surface area contributed by atoms with E-state index < -0.39 is 0 Å². The summed E-state index contributed by atoms with van der Waals surface area (Å²) >= 11 is 1.37. The summed E-state index contributed by atoms with van der Waals surface area (Å²) in [4.78, 5) is 12.7. The molecule has 1 amide bonds. The zero-order valence-electron chi connectivity index (χ0n) is 16.0. The number of aryl methyl sites for hydroxylation is 1. The molecule has 0 aliphatic rings.